The molecule has 1 saturated heterocycles. The van der Waals surface area contributed by atoms with Crippen LogP contribution in [0, 0.1) is 0 Å². The lowest BCUT2D eigenvalue weighted by molar-refractivity contribution is -0.0244. The highest BCUT2D eigenvalue weighted by Gasteiger charge is 2.23. The number of rotatable bonds is 5. The van der Waals surface area contributed by atoms with Gasteiger partial charge in [0.15, 0.2) is 11.5 Å². The zero-order chi connectivity index (χ0) is 16.9. The second-order valence-corrected chi connectivity index (χ2v) is 6.16. The number of nitrogens with zero attached hydrogens (tertiary/aromatic N) is 3. The molecule has 0 saturated carbocycles. The van der Waals surface area contributed by atoms with Gasteiger partial charge in [-0.1, -0.05) is 12.1 Å². The number of anilines is 1. The van der Waals surface area contributed by atoms with Gasteiger partial charge in [-0.15, -0.1) is 5.10 Å². The van der Waals surface area contributed by atoms with E-state index in [1.165, 1.54) is 5.56 Å². The van der Waals surface area contributed by atoms with E-state index in [1.807, 2.05) is 24.3 Å². The number of para-hydroxylation sites is 1. The van der Waals surface area contributed by atoms with E-state index in [4.69, 9.17) is 14.2 Å². The van der Waals surface area contributed by atoms with E-state index in [0.717, 1.165) is 43.6 Å². The molecule has 1 N–H and O–H groups in total. The predicted molar refractivity (Wildman–Crippen MR) is 93.0 cm³/mol. The van der Waals surface area contributed by atoms with Gasteiger partial charge < -0.3 is 19.5 Å². The van der Waals surface area contributed by atoms with Gasteiger partial charge in [0, 0.05) is 37.9 Å². The lowest BCUT2D eigenvalue weighted by Gasteiger charge is -2.33. The molecule has 4 rings (SSSR count). The molecule has 1 unspecified atom stereocenters. The molecular weight excluding hydrogens is 320 g/mol. The Morgan fingerprint density at radius 2 is 2.08 bits per heavy atom. The lowest BCUT2D eigenvalue weighted by atomic mass is 10.1. The van der Waals surface area contributed by atoms with Crippen molar-refractivity contribution in [3.05, 3.63) is 42.1 Å². The van der Waals surface area contributed by atoms with E-state index in [9.17, 15) is 0 Å². The Labute approximate surface area is 146 Å². The van der Waals surface area contributed by atoms with Crippen LogP contribution in [0.1, 0.15) is 5.56 Å². The molecule has 7 nitrogen and oxygen atoms in total. The number of hydrogen-bond acceptors (Lipinski definition) is 7. The molecule has 2 aliphatic rings. The van der Waals surface area contributed by atoms with Gasteiger partial charge in [-0.2, -0.15) is 5.10 Å². The number of ether oxygens (including phenoxy) is 3. The first-order chi connectivity index (χ1) is 12.4. The molecule has 1 atom stereocenters. The van der Waals surface area contributed by atoms with Gasteiger partial charge in [0.1, 0.15) is 19.0 Å². The average Bonchev–Trinajstić information content (AvgIpc) is 2.68. The number of morpholine rings is 1. The Balaban J connectivity index is 1.35. The van der Waals surface area contributed by atoms with Crippen molar-refractivity contribution in [3.63, 3.8) is 0 Å². The molecule has 0 amide bonds. The van der Waals surface area contributed by atoms with E-state index in [-0.39, 0.29) is 6.10 Å². The second kappa shape index (κ2) is 7.67. The minimum Gasteiger partial charge on any atom is -0.486 e. The molecule has 0 spiro atoms. The molecule has 3 heterocycles. The third-order valence-electron chi connectivity index (χ3n) is 4.35. The third kappa shape index (κ3) is 4.00. The van der Waals surface area contributed by atoms with Crippen LogP contribution in [0.5, 0.6) is 11.5 Å². The Morgan fingerprint density at radius 3 is 3.00 bits per heavy atom. The van der Waals surface area contributed by atoms with Crippen molar-refractivity contribution in [3.8, 4) is 11.5 Å². The van der Waals surface area contributed by atoms with Crippen LogP contribution in [0.15, 0.2) is 36.5 Å². The SMILES string of the molecule is c1cnnc(NCC2CN(Cc3cccc4c3OCCO4)CCO2)c1. The third-order valence-corrected chi connectivity index (χ3v) is 4.35. The summed E-state index contributed by atoms with van der Waals surface area (Å²) in [6.45, 7) is 5.25. The zero-order valence-corrected chi connectivity index (χ0v) is 14.1. The summed E-state index contributed by atoms with van der Waals surface area (Å²) in [6.07, 6.45) is 1.78. The summed E-state index contributed by atoms with van der Waals surface area (Å²) >= 11 is 0. The van der Waals surface area contributed by atoms with Crippen LogP contribution < -0.4 is 14.8 Å². The maximum atomic E-state index is 5.87. The largest absolute Gasteiger partial charge is 0.486 e. The molecule has 132 valence electrons. The Bertz CT molecular complexity index is 698. The van der Waals surface area contributed by atoms with Crippen molar-refractivity contribution >= 4 is 5.82 Å². The molecule has 7 heteroatoms. The van der Waals surface area contributed by atoms with Crippen molar-refractivity contribution in [1.29, 1.82) is 0 Å². The minimum atomic E-state index is 0.118. The molecule has 0 bridgehead atoms. The molecule has 1 aromatic carbocycles. The Hall–Kier alpha value is -2.38. The van der Waals surface area contributed by atoms with E-state index < -0.39 is 0 Å². The number of fused-ring (bicyclic) bond motifs is 1. The summed E-state index contributed by atoms with van der Waals surface area (Å²) < 4.78 is 17.4. The predicted octanol–water partition coefficient (Wildman–Crippen LogP) is 1.56. The molecule has 2 aliphatic heterocycles. The summed E-state index contributed by atoms with van der Waals surface area (Å²) in [4.78, 5) is 2.39. The monoisotopic (exact) mass is 342 g/mol. The minimum absolute atomic E-state index is 0.118. The van der Waals surface area contributed by atoms with Gasteiger partial charge in [0.25, 0.3) is 0 Å². The number of nitrogens with one attached hydrogen (secondary N) is 1. The topological polar surface area (TPSA) is 68.7 Å². The van der Waals surface area contributed by atoms with Crippen molar-refractivity contribution in [2.45, 2.75) is 12.6 Å². The summed E-state index contributed by atoms with van der Waals surface area (Å²) in [7, 11) is 0. The van der Waals surface area contributed by atoms with E-state index in [2.05, 4.69) is 26.5 Å². The van der Waals surface area contributed by atoms with E-state index >= 15 is 0 Å². The van der Waals surface area contributed by atoms with Gasteiger partial charge in [-0.05, 0) is 18.2 Å². The molecule has 0 radical (unpaired) electrons. The Morgan fingerprint density at radius 1 is 1.12 bits per heavy atom. The fourth-order valence-electron chi connectivity index (χ4n) is 3.16. The maximum Gasteiger partial charge on any atom is 0.165 e. The van der Waals surface area contributed by atoms with Crippen LogP contribution in [-0.4, -0.2) is 60.7 Å². The quantitative estimate of drug-likeness (QED) is 0.884. The molecule has 25 heavy (non-hydrogen) atoms. The number of hydrogen-bond donors (Lipinski definition) is 1. The van der Waals surface area contributed by atoms with Gasteiger partial charge in [-0.3, -0.25) is 4.90 Å². The van der Waals surface area contributed by atoms with Crippen molar-refractivity contribution in [2.24, 2.45) is 0 Å². The lowest BCUT2D eigenvalue weighted by Crippen LogP contribution is -2.44. The van der Waals surface area contributed by atoms with Crippen molar-refractivity contribution in [2.75, 3.05) is 44.8 Å². The molecular formula is C18H22N4O3. The maximum absolute atomic E-state index is 5.87. The van der Waals surface area contributed by atoms with Crippen LogP contribution >= 0.6 is 0 Å². The highest BCUT2D eigenvalue weighted by molar-refractivity contribution is 5.47. The molecule has 1 aromatic heterocycles. The standard InChI is InChI=1S/C18H22N4O3/c1-3-14(18-16(4-1)24-9-10-25-18)12-22-7-8-23-15(13-22)11-19-17-5-2-6-20-21-17/h1-6,15H,7-13H2,(H,19,21). The Kier molecular flexibility index (Phi) is 4.94. The van der Waals surface area contributed by atoms with E-state index in [0.29, 0.717) is 19.8 Å². The molecule has 0 aliphatic carbocycles. The highest BCUT2D eigenvalue weighted by atomic mass is 16.6. The first-order valence-electron chi connectivity index (χ1n) is 8.61. The number of aromatic nitrogens is 2. The van der Waals surface area contributed by atoms with E-state index in [1.54, 1.807) is 6.20 Å². The van der Waals surface area contributed by atoms with Crippen LogP contribution in [-0.2, 0) is 11.3 Å². The molecule has 2 aromatic rings. The average molecular weight is 342 g/mol. The fraction of sp³-hybridized carbons (Fsp3) is 0.444. The van der Waals surface area contributed by atoms with Crippen LogP contribution in [0.2, 0.25) is 0 Å². The summed E-state index contributed by atoms with van der Waals surface area (Å²) in [5, 5.41) is 11.2. The fourth-order valence-corrected chi connectivity index (χ4v) is 3.16. The normalized spacial score (nSPS) is 20.2. The summed E-state index contributed by atoms with van der Waals surface area (Å²) in [6, 6.07) is 9.86. The van der Waals surface area contributed by atoms with Gasteiger partial charge in [0.2, 0.25) is 0 Å². The van der Waals surface area contributed by atoms with Crippen LogP contribution in [0.4, 0.5) is 5.82 Å². The molecule has 1 fully saturated rings. The van der Waals surface area contributed by atoms with Crippen molar-refractivity contribution < 1.29 is 14.2 Å². The summed E-state index contributed by atoms with van der Waals surface area (Å²) in [5.41, 5.74) is 1.17. The van der Waals surface area contributed by atoms with Crippen LogP contribution in [0.25, 0.3) is 0 Å². The van der Waals surface area contributed by atoms with Gasteiger partial charge in [0.05, 0.1) is 12.7 Å². The van der Waals surface area contributed by atoms with Crippen LogP contribution in [0.3, 0.4) is 0 Å². The first kappa shape index (κ1) is 16.1. The number of benzene rings is 1. The smallest absolute Gasteiger partial charge is 0.165 e. The highest BCUT2D eigenvalue weighted by Crippen LogP contribution is 2.34. The second-order valence-electron chi connectivity index (χ2n) is 6.16. The van der Waals surface area contributed by atoms with Gasteiger partial charge >= 0.3 is 0 Å². The van der Waals surface area contributed by atoms with Gasteiger partial charge in [-0.25, -0.2) is 0 Å². The van der Waals surface area contributed by atoms with Crippen molar-refractivity contribution in [1.82, 2.24) is 15.1 Å². The zero-order valence-electron chi connectivity index (χ0n) is 14.1. The first-order valence-corrected chi connectivity index (χ1v) is 8.61. The summed E-state index contributed by atoms with van der Waals surface area (Å²) in [5.74, 6) is 2.50.